The van der Waals surface area contributed by atoms with Gasteiger partial charge < -0.3 is 20.9 Å². The second-order valence-corrected chi connectivity index (χ2v) is 9.52. The zero-order chi connectivity index (χ0) is 26.1. The highest BCUT2D eigenvalue weighted by molar-refractivity contribution is 6.03. The van der Waals surface area contributed by atoms with E-state index < -0.39 is 0 Å². The lowest BCUT2D eigenvalue weighted by Crippen LogP contribution is -2.33. The molecule has 2 aromatic heterocycles. The number of benzene rings is 1. The third kappa shape index (κ3) is 5.03. The molecule has 4 rings (SSSR count). The van der Waals surface area contributed by atoms with Crippen molar-refractivity contribution in [2.24, 2.45) is 5.92 Å². The highest BCUT2D eigenvalue weighted by atomic mass is 16.2. The van der Waals surface area contributed by atoms with Crippen molar-refractivity contribution in [2.45, 2.75) is 54.0 Å². The lowest BCUT2D eigenvalue weighted by Gasteiger charge is -2.25. The normalized spacial score (nSPS) is 12.9. The van der Waals surface area contributed by atoms with Gasteiger partial charge in [0.25, 0.3) is 11.5 Å². The predicted octanol–water partition coefficient (Wildman–Crippen LogP) is 3.95. The van der Waals surface area contributed by atoms with Gasteiger partial charge in [-0.15, -0.1) is 0 Å². The molecule has 1 fully saturated rings. The number of nitrogen functional groups attached to an aromatic ring is 1. The van der Waals surface area contributed by atoms with E-state index in [0.717, 1.165) is 40.9 Å². The Balaban J connectivity index is 1.77. The number of amides is 2. The molecule has 0 aliphatic heterocycles. The Morgan fingerprint density at radius 2 is 1.86 bits per heavy atom. The van der Waals surface area contributed by atoms with Crippen molar-refractivity contribution in [3.05, 3.63) is 74.3 Å². The smallest absolute Gasteiger partial charge is 0.253 e. The Labute approximate surface area is 210 Å². The Morgan fingerprint density at radius 1 is 1.14 bits per heavy atom. The Bertz CT molecular complexity index is 1410. The molecule has 0 spiro atoms. The third-order valence-corrected chi connectivity index (χ3v) is 6.76. The number of aromatic amines is 1. The van der Waals surface area contributed by atoms with Crippen LogP contribution in [0.1, 0.15) is 58.2 Å². The number of nitrogens with zero attached hydrogens (tertiary/aromatic N) is 2. The van der Waals surface area contributed by atoms with E-state index >= 15 is 0 Å². The number of pyridine rings is 2. The summed E-state index contributed by atoms with van der Waals surface area (Å²) in [7, 11) is 0. The minimum Gasteiger partial charge on any atom is -0.384 e. The average Bonchev–Trinajstić information content (AvgIpc) is 3.65. The number of aromatic nitrogens is 2. The molecule has 1 saturated carbocycles. The van der Waals surface area contributed by atoms with Gasteiger partial charge in [0.1, 0.15) is 5.82 Å². The van der Waals surface area contributed by atoms with Crippen molar-refractivity contribution < 1.29 is 9.59 Å². The van der Waals surface area contributed by atoms with E-state index in [-0.39, 0.29) is 29.8 Å². The summed E-state index contributed by atoms with van der Waals surface area (Å²) in [6, 6.07) is 9.25. The first-order chi connectivity index (χ1) is 17.1. The summed E-state index contributed by atoms with van der Waals surface area (Å²) in [5.74, 6) is 0.227. The minimum absolute atomic E-state index is 0.0430. The van der Waals surface area contributed by atoms with Gasteiger partial charge in [-0.05, 0) is 94.5 Å². The molecular formula is C28H33N5O3. The Morgan fingerprint density at radius 3 is 2.47 bits per heavy atom. The van der Waals surface area contributed by atoms with E-state index in [2.05, 4.69) is 15.3 Å². The topological polar surface area (TPSA) is 121 Å². The van der Waals surface area contributed by atoms with Crippen LogP contribution in [-0.2, 0) is 11.3 Å². The van der Waals surface area contributed by atoms with E-state index in [1.54, 1.807) is 11.0 Å². The first-order valence-corrected chi connectivity index (χ1v) is 12.3. The van der Waals surface area contributed by atoms with E-state index in [9.17, 15) is 14.4 Å². The van der Waals surface area contributed by atoms with Crippen LogP contribution in [0.25, 0.3) is 11.1 Å². The van der Waals surface area contributed by atoms with E-state index in [0.29, 0.717) is 34.7 Å². The first kappa shape index (κ1) is 25.2. The van der Waals surface area contributed by atoms with Gasteiger partial charge in [0.15, 0.2) is 0 Å². The van der Waals surface area contributed by atoms with Crippen LogP contribution in [0.4, 0.5) is 11.5 Å². The fourth-order valence-electron chi connectivity index (χ4n) is 4.62. The molecule has 1 aliphatic carbocycles. The number of anilines is 2. The monoisotopic (exact) mass is 487 g/mol. The summed E-state index contributed by atoms with van der Waals surface area (Å²) in [6.45, 7) is 9.93. The van der Waals surface area contributed by atoms with Crippen LogP contribution >= 0.6 is 0 Å². The number of nitrogens with one attached hydrogen (secondary N) is 2. The largest absolute Gasteiger partial charge is 0.384 e. The minimum atomic E-state index is -0.314. The molecule has 1 aliphatic rings. The molecule has 36 heavy (non-hydrogen) atoms. The van der Waals surface area contributed by atoms with E-state index in [1.807, 2.05) is 58.9 Å². The average molecular weight is 488 g/mol. The van der Waals surface area contributed by atoms with Crippen LogP contribution in [0.5, 0.6) is 0 Å². The second-order valence-electron chi connectivity index (χ2n) is 9.52. The number of H-pyrrole nitrogens is 1. The molecule has 3 aromatic rings. The number of hydrogen-bond donors (Lipinski definition) is 3. The summed E-state index contributed by atoms with van der Waals surface area (Å²) < 4.78 is 0. The van der Waals surface area contributed by atoms with Gasteiger partial charge >= 0.3 is 0 Å². The fourth-order valence-corrected chi connectivity index (χ4v) is 4.62. The number of nitrogens with two attached hydrogens (primary N) is 1. The molecule has 0 radical (unpaired) electrons. The van der Waals surface area contributed by atoms with Crippen molar-refractivity contribution in [1.82, 2.24) is 15.3 Å². The SMILES string of the molecule is CCN(C(=O)C1CC1)c1cc(-c2ccc(N)nc2C)cc(C(=O)NCc2c(C)cc(C)[nH]c2=O)c1C. The number of carbonyl (C=O) groups is 2. The molecule has 0 saturated heterocycles. The predicted molar refractivity (Wildman–Crippen MR) is 142 cm³/mol. The zero-order valence-electron chi connectivity index (χ0n) is 21.5. The van der Waals surface area contributed by atoms with Crippen molar-refractivity contribution in [3.63, 3.8) is 0 Å². The van der Waals surface area contributed by atoms with Crippen molar-refractivity contribution in [3.8, 4) is 11.1 Å². The van der Waals surface area contributed by atoms with E-state index in [4.69, 9.17) is 5.73 Å². The van der Waals surface area contributed by atoms with Gasteiger partial charge in [-0.1, -0.05) is 0 Å². The number of aryl methyl sites for hydroxylation is 3. The molecular weight excluding hydrogens is 454 g/mol. The van der Waals surface area contributed by atoms with Crippen molar-refractivity contribution in [2.75, 3.05) is 17.2 Å². The van der Waals surface area contributed by atoms with Gasteiger partial charge in [0.2, 0.25) is 5.91 Å². The maximum atomic E-state index is 13.5. The summed E-state index contributed by atoms with van der Waals surface area (Å²) in [4.78, 5) is 47.9. The summed E-state index contributed by atoms with van der Waals surface area (Å²) >= 11 is 0. The van der Waals surface area contributed by atoms with Crippen molar-refractivity contribution >= 4 is 23.3 Å². The standard InChI is InChI=1S/C28H33N5O3/c1-6-33(28(36)19-7-8-19)24-13-20(21-9-10-25(29)32-18(21)5)12-22(17(24)4)26(34)30-14-23-15(2)11-16(3)31-27(23)35/h9-13,19H,6-8,14H2,1-5H3,(H2,29,32)(H,30,34)(H,31,35). The van der Waals surface area contributed by atoms with Gasteiger partial charge in [0, 0.05) is 52.8 Å². The number of rotatable bonds is 7. The van der Waals surface area contributed by atoms with E-state index in [1.165, 1.54) is 0 Å². The van der Waals surface area contributed by atoms with Gasteiger partial charge in [-0.3, -0.25) is 14.4 Å². The number of hydrogen-bond acceptors (Lipinski definition) is 5. The number of carbonyl (C=O) groups excluding carboxylic acids is 2. The molecule has 2 amide bonds. The zero-order valence-corrected chi connectivity index (χ0v) is 21.5. The Hall–Kier alpha value is -3.94. The highest BCUT2D eigenvalue weighted by Crippen LogP contribution is 2.37. The lowest BCUT2D eigenvalue weighted by atomic mass is 9.95. The maximum absolute atomic E-state index is 13.5. The van der Waals surface area contributed by atoms with Crippen LogP contribution < -0.4 is 21.5 Å². The quantitative estimate of drug-likeness (QED) is 0.466. The molecule has 8 heteroatoms. The van der Waals surface area contributed by atoms with Crippen LogP contribution in [-0.4, -0.2) is 28.3 Å². The van der Waals surface area contributed by atoms with Crippen LogP contribution in [0.2, 0.25) is 0 Å². The van der Waals surface area contributed by atoms with Gasteiger partial charge in [0.05, 0.1) is 0 Å². The van der Waals surface area contributed by atoms with Crippen molar-refractivity contribution in [1.29, 1.82) is 0 Å². The first-order valence-electron chi connectivity index (χ1n) is 12.3. The summed E-state index contributed by atoms with van der Waals surface area (Å²) in [5, 5.41) is 2.91. The third-order valence-electron chi connectivity index (χ3n) is 6.76. The summed E-state index contributed by atoms with van der Waals surface area (Å²) in [6.07, 6.45) is 1.79. The molecule has 8 nitrogen and oxygen atoms in total. The van der Waals surface area contributed by atoms with Crippen LogP contribution in [0.15, 0.2) is 35.1 Å². The van der Waals surface area contributed by atoms with Crippen LogP contribution in [0, 0.1) is 33.6 Å². The van der Waals surface area contributed by atoms with Gasteiger partial charge in [-0.2, -0.15) is 0 Å². The van der Waals surface area contributed by atoms with Crippen LogP contribution in [0.3, 0.4) is 0 Å². The highest BCUT2D eigenvalue weighted by Gasteiger charge is 2.34. The van der Waals surface area contributed by atoms with Gasteiger partial charge in [-0.25, -0.2) is 4.98 Å². The molecule has 0 atom stereocenters. The second kappa shape index (κ2) is 9.97. The molecule has 2 heterocycles. The summed E-state index contributed by atoms with van der Waals surface area (Å²) in [5.41, 5.74) is 12.0. The molecule has 0 unspecified atom stereocenters. The lowest BCUT2D eigenvalue weighted by molar-refractivity contribution is -0.119. The molecule has 0 bridgehead atoms. The molecule has 4 N–H and O–H groups in total. The molecule has 188 valence electrons. The molecule has 1 aromatic carbocycles. The fraction of sp³-hybridized carbons (Fsp3) is 0.357. The Kier molecular flexibility index (Phi) is 6.97. The maximum Gasteiger partial charge on any atom is 0.253 e.